The molecule has 0 amide bonds. The molecular weight excluding hydrogens is 492 g/mol. The lowest BCUT2D eigenvalue weighted by Crippen LogP contribution is -2.09. The Morgan fingerprint density at radius 1 is 0.872 bits per heavy atom. The van der Waals surface area contributed by atoms with Crippen LogP contribution in [0.25, 0.3) is 17.0 Å². The maximum absolute atomic E-state index is 13.3. The van der Waals surface area contributed by atoms with Crippen molar-refractivity contribution in [2.75, 3.05) is 0 Å². The average Bonchev–Trinajstić information content (AvgIpc) is 3.43. The summed E-state index contributed by atoms with van der Waals surface area (Å²) in [5.74, 6) is 1.08. The Kier molecular flexibility index (Phi) is 6.21. The highest BCUT2D eigenvalue weighted by atomic mass is 16.5. The molecule has 6 heteroatoms. The fourth-order valence-electron chi connectivity index (χ4n) is 4.56. The Labute approximate surface area is 225 Å². The van der Waals surface area contributed by atoms with Crippen LogP contribution in [-0.4, -0.2) is 11.8 Å². The number of carbonyl (C=O) groups excluding carboxylic acids is 2. The van der Waals surface area contributed by atoms with Crippen molar-refractivity contribution in [3.05, 3.63) is 130 Å². The van der Waals surface area contributed by atoms with Crippen molar-refractivity contribution < 1.29 is 28.2 Å². The van der Waals surface area contributed by atoms with E-state index in [1.807, 2.05) is 61.5 Å². The number of hydrogen-bond donors (Lipinski definition) is 0. The van der Waals surface area contributed by atoms with Crippen LogP contribution in [0.3, 0.4) is 0 Å². The molecule has 0 saturated carbocycles. The molecule has 0 atom stereocenters. The summed E-state index contributed by atoms with van der Waals surface area (Å²) in [6, 6.07) is 27.7. The molecule has 0 bridgehead atoms. The van der Waals surface area contributed by atoms with Gasteiger partial charge in [-0.25, -0.2) is 4.79 Å². The van der Waals surface area contributed by atoms with Gasteiger partial charge in [0.05, 0.1) is 5.56 Å². The standard InChI is InChI=1S/C33H24O6/c1-20-8-6-7-11-23(20)16-30-32(34)26-14-12-25(18-29(26)39-30)38-33(35)31-21(2)37-28-15-13-24(17-27(28)31)36-19-22-9-4-3-5-10-22/h3-18H,19H2,1-2H3. The van der Waals surface area contributed by atoms with Crippen LogP contribution in [0.1, 0.15) is 43.2 Å². The Hall–Kier alpha value is -5.10. The van der Waals surface area contributed by atoms with Crippen LogP contribution in [0.4, 0.5) is 0 Å². The maximum Gasteiger partial charge on any atom is 0.347 e. The average molecular weight is 517 g/mol. The van der Waals surface area contributed by atoms with E-state index < -0.39 is 5.97 Å². The third-order valence-corrected chi connectivity index (χ3v) is 6.61. The molecule has 4 aromatic carbocycles. The Morgan fingerprint density at radius 3 is 2.46 bits per heavy atom. The number of benzene rings is 4. The summed E-state index contributed by atoms with van der Waals surface area (Å²) in [7, 11) is 0. The number of aryl methyl sites for hydroxylation is 2. The molecule has 0 radical (unpaired) electrons. The first kappa shape index (κ1) is 24.2. The largest absolute Gasteiger partial charge is 0.489 e. The molecule has 0 aliphatic carbocycles. The topological polar surface area (TPSA) is 75.0 Å². The van der Waals surface area contributed by atoms with Gasteiger partial charge in [-0.3, -0.25) is 4.79 Å². The summed E-state index contributed by atoms with van der Waals surface area (Å²) >= 11 is 0. The summed E-state index contributed by atoms with van der Waals surface area (Å²) < 4.78 is 23.3. The molecule has 5 aromatic rings. The number of rotatable bonds is 6. The van der Waals surface area contributed by atoms with Gasteiger partial charge in [0.15, 0.2) is 5.76 Å². The van der Waals surface area contributed by atoms with Crippen LogP contribution < -0.4 is 14.2 Å². The molecule has 6 rings (SSSR count). The van der Waals surface area contributed by atoms with Gasteiger partial charge in [-0.05, 0) is 66.9 Å². The lowest BCUT2D eigenvalue weighted by atomic mass is 10.1. The summed E-state index contributed by atoms with van der Waals surface area (Å²) in [5, 5.41) is 0.596. The summed E-state index contributed by atoms with van der Waals surface area (Å²) in [6.45, 7) is 4.09. The van der Waals surface area contributed by atoms with Gasteiger partial charge in [-0.2, -0.15) is 0 Å². The quantitative estimate of drug-likeness (QED) is 0.132. The summed E-state index contributed by atoms with van der Waals surface area (Å²) in [4.78, 5) is 26.1. The number of hydrogen-bond acceptors (Lipinski definition) is 6. The Bertz CT molecular complexity index is 1760. The van der Waals surface area contributed by atoms with Crippen LogP contribution in [0, 0.1) is 13.8 Å². The van der Waals surface area contributed by atoms with Crippen LogP contribution >= 0.6 is 0 Å². The molecule has 0 unspecified atom stereocenters. The lowest BCUT2D eigenvalue weighted by molar-refractivity contribution is 0.0734. The van der Waals surface area contributed by atoms with Gasteiger partial charge in [0, 0.05) is 11.5 Å². The first-order valence-corrected chi connectivity index (χ1v) is 12.5. The third-order valence-electron chi connectivity index (χ3n) is 6.61. The van der Waals surface area contributed by atoms with Crippen molar-refractivity contribution >= 4 is 28.8 Å². The molecule has 1 aliphatic heterocycles. The van der Waals surface area contributed by atoms with Crippen molar-refractivity contribution in [3.8, 4) is 17.2 Å². The van der Waals surface area contributed by atoms with E-state index in [-0.39, 0.29) is 17.3 Å². The number of Topliss-reactive ketones (excluding diaryl/α,β-unsaturated/α-hetero) is 1. The highest BCUT2D eigenvalue weighted by Crippen LogP contribution is 2.36. The van der Waals surface area contributed by atoms with Crippen molar-refractivity contribution in [3.63, 3.8) is 0 Å². The highest BCUT2D eigenvalue weighted by Gasteiger charge is 2.29. The van der Waals surface area contributed by atoms with Crippen LogP contribution in [0.15, 0.2) is 101 Å². The van der Waals surface area contributed by atoms with Crippen molar-refractivity contribution in [1.29, 1.82) is 0 Å². The zero-order valence-electron chi connectivity index (χ0n) is 21.4. The van der Waals surface area contributed by atoms with Gasteiger partial charge >= 0.3 is 5.97 Å². The van der Waals surface area contributed by atoms with E-state index in [2.05, 4.69) is 0 Å². The lowest BCUT2D eigenvalue weighted by Gasteiger charge is -2.07. The van der Waals surface area contributed by atoms with Gasteiger partial charge in [-0.1, -0.05) is 54.6 Å². The smallest absolute Gasteiger partial charge is 0.347 e. The second-order valence-corrected chi connectivity index (χ2v) is 9.31. The van der Waals surface area contributed by atoms with E-state index >= 15 is 0 Å². The van der Waals surface area contributed by atoms with Crippen LogP contribution in [0.5, 0.6) is 17.2 Å². The number of ketones is 1. The Balaban J connectivity index is 1.22. The molecule has 192 valence electrons. The molecule has 1 aliphatic rings. The molecule has 0 N–H and O–H groups in total. The molecular formula is C33H24O6. The number of allylic oxidation sites excluding steroid dienone is 1. The first-order valence-electron chi connectivity index (χ1n) is 12.5. The van der Waals surface area contributed by atoms with Gasteiger partial charge in [0.1, 0.15) is 40.8 Å². The van der Waals surface area contributed by atoms with Gasteiger partial charge in [0.2, 0.25) is 5.78 Å². The SMILES string of the molecule is Cc1ccccc1C=C1Oc2cc(OC(=O)c3c(C)oc4ccc(OCc5ccccc5)cc34)ccc2C1=O. The second kappa shape index (κ2) is 9.99. The minimum atomic E-state index is -0.577. The zero-order valence-corrected chi connectivity index (χ0v) is 21.4. The molecule has 39 heavy (non-hydrogen) atoms. The molecule has 2 heterocycles. The number of carbonyl (C=O) groups is 2. The van der Waals surface area contributed by atoms with Crippen molar-refractivity contribution in [2.45, 2.75) is 20.5 Å². The van der Waals surface area contributed by atoms with E-state index in [0.29, 0.717) is 46.0 Å². The molecule has 0 fully saturated rings. The van der Waals surface area contributed by atoms with E-state index in [9.17, 15) is 9.59 Å². The van der Waals surface area contributed by atoms with E-state index in [1.54, 1.807) is 49.4 Å². The van der Waals surface area contributed by atoms with E-state index in [1.165, 1.54) is 0 Å². The fraction of sp³-hybridized carbons (Fsp3) is 0.0909. The van der Waals surface area contributed by atoms with Gasteiger partial charge in [-0.15, -0.1) is 0 Å². The first-order chi connectivity index (χ1) is 19.0. The predicted octanol–water partition coefficient (Wildman–Crippen LogP) is 7.46. The summed E-state index contributed by atoms with van der Waals surface area (Å²) in [5.41, 5.74) is 4.25. The molecule has 0 saturated heterocycles. The van der Waals surface area contributed by atoms with Gasteiger partial charge < -0.3 is 18.6 Å². The van der Waals surface area contributed by atoms with E-state index in [0.717, 1.165) is 16.7 Å². The summed E-state index contributed by atoms with van der Waals surface area (Å²) in [6.07, 6.45) is 1.72. The van der Waals surface area contributed by atoms with Gasteiger partial charge in [0.25, 0.3) is 0 Å². The molecule has 0 spiro atoms. The molecule has 1 aromatic heterocycles. The zero-order chi connectivity index (χ0) is 26.9. The maximum atomic E-state index is 13.3. The third kappa shape index (κ3) is 4.80. The van der Waals surface area contributed by atoms with Crippen LogP contribution in [0.2, 0.25) is 0 Å². The number of ether oxygens (including phenoxy) is 3. The normalized spacial score (nSPS) is 13.4. The predicted molar refractivity (Wildman–Crippen MR) is 147 cm³/mol. The Morgan fingerprint density at radius 2 is 1.64 bits per heavy atom. The number of esters is 1. The number of furan rings is 1. The minimum absolute atomic E-state index is 0.217. The van der Waals surface area contributed by atoms with Crippen LogP contribution in [-0.2, 0) is 6.61 Å². The second-order valence-electron chi connectivity index (χ2n) is 9.31. The van der Waals surface area contributed by atoms with E-state index in [4.69, 9.17) is 18.6 Å². The number of fused-ring (bicyclic) bond motifs is 2. The van der Waals surface area contributed by atoms with Crippen molar-refractivity contribution in [2.24, 2.45) is 0 Å². The molecule has 6 nitrogen and oxygen atoms in total. The fourth-order valence-corrected chi connectivity index (χ4v) is 4.56. The highest BCUT2D eigenvalue weighted by molar-refractivity contribution is 6.14. The minimum Gasteiger partial charge on any atom is -0.489 e. The van der Waals surface area contributed by atoms with Crippen molar-refractivity contribution in [1.82, 2.24) is 0 Å². The monoisotopic (exact) mass is 516 g/mol.